The number of pyridine rings is 1. The van der Waals surface area contributed by atoms with E-state index in [4.69, 9.17) is 0 Å². The highest BCUT2D eigenvalue weighted by atomic mass is 32.2. The molecule has 0 saturated heterocycles. The van der Waals surface area contributed by atoms with Gasteiger partial charge in [0.05, 0.1) is 10.4 Å². The Labute approximate surface area is 129 Å². The zero-order valence-corrected chi connectivity index (χ0v) is 13.2. The lowest BCUT2D eigenvalue weighted by molar-refractivity contribution is 0.602. The Morgan fingerprint density at radius 1 is 0.955 bits per heavy atom. The van der Waals surface area contributed by atoms with Crippen molar-refractivity contribution in [2.24, 2.45) is 0 Å². The van der Waals surface area contributed by atoms with Gasteiger partial charge in [0.1, 0.15) is 0 Å². The van der Waals surface area contributed by atoms with Gasteiger partial charge < -0.3 is 0 Å². The minimum Gasteiger partial charge on any atom is -0.280 e. The van der Waals surface area contributed by atoms with Gasteiger partial charge in [0.15, 0.2) is 0 Å². The van der Waals surface area contributed by atoms with Crippen LogP contribution >= 0.6 is 0 Å². The summed E-state index contributed by atoms with van der Waals surface area (Å²) in [6.07, 6.45) is 1.67. The molecule has 3 rings (SSSR count). The van der Waals surface area contributed by atoms with Crippen LogP contribution in [0.2, 0.25) is 0 Å². The Balaban J connectivity index is 2.10. The van der Waals surface area contributed by atoms with Gasteiger partial charge in [-0.2, -0.15) is 0 Å². The molecule has 3 aromatic rings. The maximum absolute atomic E-state index is 12.7. The Kier molecular flexibility index (Phi) is 3.58. The summed E-state index contributed by atoms with van der Waals surface area (Å²) in [5.74, 6) is 0. The summed E-state index contributed by atoms with van der Waals surface area (Å²) in [5, 5.41) is 0.627. The number of nitrogens with one attached hydrogen (secondary N) is 1. The van der Waals surface area contributed by atoms with E-state index in [1.165, 1.54) is 0 Å². The third-order valence-corrected chi connectivity index (χ3v) is 4.96. The first-order chi connectivity index (χ1) is 10.5. The van der Waals surface area contributed by atoms with Crippen LogP contribution in [0.1, 0.15) is 11.1 Å². The van der Waals surface area contributed by atoms with Gasteiger partial charge in [-0.05, 0) is 49.7 Å². The first-order valence-electron chi connectivity index (χ1n) is 6.91. The number of anilines is 1. The van der Waals surface area contributed by atoms with Crippen molar-refractivity contribution in [3.63, 3.8) is 0 Å². The molecular formula is C17H16N2O2S. The molecule has 1 heterocycles. The monoisotopic (exact) mass is 312 g/mol. The molecule has 2 aromatic carbocycles. The maximum Gasteiger partial charge on any atom is 0.262 e. The largest absolute Gasteiger partial charge is 0.280 e. The molecule has 112 valence electrons. The molecule has 0 fully saturated rings. The van der Waals surface area contributed by atoms with Crippen molar-refractivity contribution >= 4 is 26.6 Å². The Morgan fingerprint density at radius 2 is 1.68 bits per heavy atom. The van der Waals surface area contributed by atoms with Crippen molar-refractivity contribution < 1.29 is 8.42 Å². The normalized spacial score (nSPS) is 11.5. The fraction of sp³-hybridized carbons (Fsp3) is 0.118. The van der Waals surface area contributed by atoms with E-state index in [1.807, 2.05) is 26.0 Å². The van der Waals surface area contributed by atoms with Crippen molar-refractivity contribution in [1.29, 1.82) is 0 Å². The number of rotatable bonds is 3. The predicted octanol–water partition coefficient (Wildman–Crippen LogP) is 3.65. The van der Waals surface area contributed by atoms with E-state index in [-0.39, 0.29) is 4.90 Å². The number of hydrogen-bond acceptors (Lipinski definition) is 3. The Bertz CT molecular complexity index is 933. The van der Waals surface area contributed by atoms with E-state index < -0.39 is 10.0 Å². The first kappa shape index (κ1) is 14.5. The summed E-state index contributed by atoms with van der Waals surface area (Å²) in [6.45, 7) is 3.87. The summed E-state index contributed by atoms with van der Waals surface area (Å²) in [5.41, 5.74) is 3.27. The van der Waals surface area contributed by atoms with Crippen LogP contribution < -0.4 is 4.72 Å². The van der Waals surface area contributed by atoms with E-state index in [2.05, 4.69) is 9.71 Å². The van der Waals surface area contributed by atoms with Gasteiger partial charge in [0.2, 0.25) is 0 Å². The lowest BCUT2D eigenvalue weighted by Crippen LogP contribution is -2.13. The number of fused-ring (bicyclic) bond motifs is 1. The molecule has 0 aliphatic rings. The van der Waals surface area contributed by atoms with E-state index in [0.29, 0.717) is 16.6 Å². The molecule has 0 bridgehead atoms. The molecule has 0 saturated carbocycles. The number of aromatic nitrogens is 1. The van der Waals surface area contributed by atoms with Gasteiger partial charge >= 0.3 is 0 Å². The van der Waals surface area contributed by atoms with E-state index in [9.17, 15) is 8.42 Å². The van der Waals surface area contributed by atoms with Crippen LogP contribution in [0.25, 0.3) is 10.9 Å². The van der Waals surface area contributed by atoms with Crippen LogP contribution in [0.15, 0.2) is 59.6 Å². The fourth-order valence-corrected chi connectivity index (χ4v) is 3.61. The molecule has 0 spiro atoms. The molecule has 1 N–H and O–H groups in total. The average Bonchev–Trinajstić information content (AvgIpc) is 2.50. The molecule has 0 aliphatic heterocycles. The van der Waals surface area contributed by atoms with Crippen LogP contribution in [-0.4, -0.2) is 13.4 Å². The SMILES string of the molecule is Cc1ccc(NS(=O)(=O)c2ccc(C)c3ncccc23)cc1. The highest BCUT2D eigenvalue weighted by Crippen LogP contribution is 2.26. The molecule has 0 atom stereocenters. The molecule has 0 aliphatic carbocycles. The lowest BCUT2D eigenvalue weighted by atomic mass is 10.1. The van der Waals surface area contributed by atoms with Gasteiger partial charge in [-0.1, -0.05) is 23.8 Å². The minimum atomic E-state index is -3.66. The predicted molar refractivity (Wildman–Crippen MR) is 88.5 cm³/mol. The van der Waals surface area contributed by atoms with Crippen molar-refractivity contribution in [3.05, 3.63) is 65.9 Å². The van der Waals surface area contributed by atoms with Gasteiger partial charge in [-0.15, -0.1) is 0 Å². The van der Waals surface area contributed by atoms with Crippen LogP contribution in [0, 0.1) is 13.8 Å². The number of nitrogens with zero attached hydrogens (tertiary/aromatic N) is 1. The maximum atomic E-state index is 12.7. The molecule has 4 nitrogen and oxygen atoms in total. The Hall–Kier alpha value is -2.40. The second-order valence-corrected chi connectivity index (χ2v) is 6.90. The minimum absolute atomic E-state index is 0.238. The number of benzene rings is 2. The molecule has 0 amide bonds. The first-order valence-corrected chi connectivity index (χ1v) is 8.39. The molecule has 0 radical (unpaired) electrons. The van der Waals surface area contributed by atoms with E-state index >= 15 is 0 Å². The standard InChI is InChI=1S/C17H16N2O2S/c1-12-5-8-14(9-6-12)19-22(20,21)16-10-7-13(2)17-15(16)4-3-11-18-17/h3-11,19H,1-2H3. The highest BCUT2D eigenvalue weighted by Gasteiger charge is 2.18. The van der Waals surface area contributed by atoms with Crippen LogP contribution in [0.5, 0.6) is 0 Å². The summed E-state index contributed by atoms with van der Waals surface area (Å²) in [4.78, 5) is 4.52. The summed E-state index contributed by atoms with van der Waals surface area (Å²) < 4.78 is 28.0. The quantitative estimate of drug-likeness (QED) is 0.803. The fourth-order valence-electron chi connectivity index (χ4n) is 2.35. The number of hydrogen-bond donors (Lipinski definition) is 1. The smallest absolute Gasteiger partial charge is 0.262 e. The molecule has 5 heteroatoms. The summed E-state index contributed by atoms with van der Waals surface area (Å²) in [6, 6.07) is 14.2. The third kappa shape index (κ3) is 2.67. The van der Waals surface area contributed by atoms with Gasteiger partial charge in [-0.3, -0.25) is 9.71 Å². The van der Waals surface area contributed by atoms with E-state index in [0.717, 1.165) is 11.1 Å². The van der Waals surface area contributed by atoms with Gasteiger partial charge in [0.25, 0.3) is 10.0 Å². The van der Waals surface area contributed by atoms with Crippen molar-refractivity contribution in [1.82, 2.24) is 4.98 Å². The van der Waals surface area contributed by atoms with Gasteiger partial charge in [-0.25, -0.2) is 8.42 Å². The molecule has 0 unspecified atom stereocenters. The number of sulfonamides is 1. The third-order valence-electron chi connectivity index (χ3n) is 3.52. The van der Waals surface area contributed by atoms with Gasteiger partial charge in [0, 0.05) is 17.3 Å². The second-order valence-electron chi connectivity index (χ2n) is 5.25. The summed E-state index contributed by atoms with van der Waals surface area (Å²) in [7, 11) is -3.66. The highest BCUT2D eigenvalue weighted by molar-refractivity contribution is 7.93. The van der Waals surface area contributed by atoms with Crippen molar-refractivity contribution in [3.8, 4) is 0 Å². The second kappa shape index (κ2) is 5.42. The van der Waals surface area contributed by atoms with E-state index in [1.54, 1.807) is 42.6 Å². The zero-order chi connectivity index (χ0) is 15.7. The molecule has 1 aromatic heterocycles. The van der Waals surface area contributed by atoms with Crippen molar-refractivity contribution in [2.75, 3.05) is 4.72 Å². The molecule has 22 heavy (non-hydrogen) atoms. The summed E-state index contributed by atoms with van der Waals surface area (Å²) >= 11 is 0. The van der Waals surface area contributed by atoms with Crippen LogP contribution in [-0.2, 0) is 10.0 Å². The van der Waals surface area contributed by atoms with Crippen molar-refractivity contribution in [2.45, 2.75) is 18.7 Å². The van der Waals surface area contributed by atoms with Crippen LogP contribution in [0.3, 0.4) is 0 Å². The molecular weight excluding hydrogens is 296 g/mol. The van der Waals surface area contributed by atoms with Crippen LogP contribution in [0.4, 0.5) is 5.69 Å². The topological polar surface area (TPSA) is 59.1 Å². The zero-order valence-electron chi connectivity index (χ0n) is 12.4. The Morgan fingerprint density at radius 3 is 2.41 bits per heavy atom. The average molecular weight is 312 g/mol. The number of aryl methyl sites for hydroxylation is 2. The lowest BCUT2D eigenvalue weighted by Gasteiger charge is -2.11.